The lowest BCUT2D eigenvalue weighted by atomic mass is 10.2. The molecule has 0 aliphatic heterocycles. The van der Waals surface area contributed by atoms with Crippen molar-refractivity contribution >= 4 is 39.8 Å². The summed E-state index contributed by atoms with van der Waals surface area (Å²) in [5, 5.41) is 4.45. The molecule has 0 saturated heterocycles. The molecule has 25 heavy (non-hydrogen) atoms. The molecule has 128 valence electrons. The molecule has 0 unspecified atom stereocenters. The summed E-state index contributed by atoms with van der Waals surface area (Å²) in [5.41, 5.74) is 6.53. The Morgan fingerprint density at radius 2 is 2.00 bits per heavy atom. The van der Waals surface area contributed by atoms with Gasteiger partial charge in [-0.2, -0.15) is 0 Å². The lowest BCUT2D eigenvalue weighted by Crippen LogP contribution is -2.21. The monoisotopic (exact) mass is 358 g/mol. The van der Waals surface area contributed by atoms with E-state index in [4.69, 9.17) is 10.5 Å². The maximum atomic E-state index is 11.8. The Labute approximate surface area is 146 Å². The van der Waals surface area contributed by atoms with Gasteiger partial charge in [-0.25, -0.2) is 4.98 Å². The number of nitrogens with two attached hydrogens (primary N) is 1. The molecule has 2 aromatic heterocycles. The molecule has 8 nitrogen and oxygen atoms in total. The standard InChI is InChI=1S/C16H14N4O4S/c17-15(23)10-1-3-11(4-2-10)18-13(21)9-24-14(22)7-12-8-20-5-6-25-16(20)19-12/h1-6,8H,7,9H2,(H2,17,23)(H,18,21). The van der Waals surface area contributed by atoms with Crippen LogP contribution in [-0.4, -0.2) is 33.8 Å². The first-order valence-corrected chi connectivity index (χ1v) is 8.15. The summed E-state index contributed by atoms with van der Waals surface area (Å²) >= 11 is 1.46. The maximum absolute atomic E-state index is 11.8. The van der Waals surface area contributed by atoms with Gasteiger partial charge < -0.3 is 15.8 Å². The Morgan fingerprint density at radius 1 is 1.24 bits per heavy atom. The van der Waals surface area contributed by atoms with Crippen LogP contribution in [0, 0.1) is 0 Å². The van der Waals surface area contributed by atoms with Gasteiger partial charge in [-0.05, 0) is 24.3 Å². The van der Waals surface area contributed by atoms with Crippen LogP contribution in [0.15, 0.2) is 42.0 Å². The Hall–Kier alpha value is -3.20. The van der Waals surface area contributed by atoms with Gasteiger partial charge in [0.05, 0.1) is 12.1 Å². The zero-order valence-electron chi connectivity index (χ0n) is 13.0. The fourth-order valence-corrected chi connectivity index (χ4v) is 2.84. The van der Waals surface area contributed by atoms with Gasteiger partial charge in [0.1, 0.15) is 0 Å². The van der Waals surface area contributed by atoms with E-state index >= 15 is 0 Å². The number of fused-ring (bicyclic) bond motifs is 1. The smallest absolute Gasteiger partial charge is 0.312 e. The molecule has 3 aromatic rings. The molecule has 0 aliphatic rings. The average Bonchev–Trinajstić information content (AvgIpc) is 3.15. The third-order valence-electron chi connectivity index (χ3n) is 3.29. The van der Waals surface area contributed by atoms with E-state index in [2.05, 4.69) is 10.3 Å². The summed E-state index contributed by atoms with van der Waals surface area (Å²) in [6.07, 6.45) is 3.58. The molecule has 3 rings (SSSR count). The molecule has 3 N–H and O–H groups in total. The zero-order valence-corrected chi connectivity index (χ0v) is 13.8. The second kappa shape index (κ2) is 7.14. The summed E-state index contributed by atoms with van der Waals surface area (Å²) in [7, 11) is 0. The van der Waals surface area contributed by atoms with Crippen LogP contribution in [-0.2, 0) is 20.7 Å². The van der Waals surface area contributed by atoms with E-state index in [0.717, 1.165) is 4.96 Å². The molecule has 0 bridgehead atoms. The maximum Gasteiger partial charge on any atom is 0.312 e. The van der Waals surface area contributed by atoms with Crippen molar-refractivity contribution in [3.05, 3.63) is 53.3 Å². The van der Waals surface area contributed by atoms with E-state index in [0.29, 0.717) is 16.9 Å². The third kappa shape index (κ3) is 4.21. The summed E-state index contributed by atoms with van der Waals surface area (Å²) in [5.74, 6) is -1.57. The van der Waals surface area contributed by atoms with E-state index in [1.165, 1.54) is 35.6 Å². The third-order valence-corrected chi connectivity index (χ3v) is 4.06. The number of primary amides is 1. The molecular weight excluding hydrogens is 344 g/mol. The number of imidazole rings is 1. The molecule has 0 atom stereocenters. The van der Waals surface area contributed by atoms with Gasteiger partial charge in [0, 0.05) is 29.0 Å². The van der Waals surface area contributed by atoms with Crippen molar-refractivity contribution in [1.29, 1.82) is 0 Å². The van der Waals surface area contributed by atoms with Crippen LogP contribution in [0.5, 0.6) is 0 Å². The molecule has 9 heteroatoms. The fraction of sp³-hybridized carbons (Fsp3) is 0.125. The van der Waals surface area contributed by atoms with E-state index in [1.54, 1.807) is 6.20 Å². The van der Waals surface area contributed by atoms with Crippen molar-refractivity contribution in [1.82, 2.24) is 9.38 Å². The molecule has 2 heterocycles. The Morgan fingerprint density at radius 3 is 2.68 bits per heavy atom. The van der Waals surface area contributed by atoms with Crippen LogP contribution in [0.4, 0.5) is 5.69 Å². The van der Waals surface area contributed by atoms with Crippen LogP contribution in [0.1, 0.15) is 16.1 Å². The number of carbonyl (C=O) groups is 3. The second-order valence-electron chi connectivity index (χ2n) is 5.15. The van der Waals surface area contributed by atoms with Gasteiger partial charge >= 0.3 is 5.97 Å². The highest BCUT2D eigenvalue weighted by Crippen LogP contribution is 2.12. The minimum Gasteiger partial charge on any atom is -0.455 e. The molecular formula is C16H14N4O4S. The van der Waals surface area contributed by atoms with E-state index in [9.17, 15) is 14.4 Å². The lowest BCUT2D eigenvalue weighted by molar-refractivity contribution is -0.146. The number of esters is 1. The lowest BCUT2D eigenvalue weighted by Gasteiger charge is -2.06. The number of benzene rings is 1. The van der Waals surface area contributed by atoms with Crippen molar-refractivity contribution in [2.24, 2.45) is 5.73 Å². The average molecular weight is 358 g/mol. The van der Waals surface area contributed by atoms with E-state index < -0.39 is 24.4 Å². The highest BCUT2D eigenvalue weighted by atomic mass is 32.1. The largest absolute Gasteiger partial charge is 0.455 e. The number of aromatic nitrogens is 2. The highest BCUT2D eigenvalue weighted by Gasteiger charge is 2.12. The van der Waals surface area contributed by atoms with Crippen LogP contribution in [0.2, 0.25) is 0 Å². The van der Waals surface area contributed by atoms with Gasteiger partial charge in [-0.3, -0.25) is 18.8 Å². The van der Waals surface area contributed by atoms with Crippen LogP contribution < -0.4 is 11.1 Å². The summed E-state index contributed by atoms with van der Waals surface area (Å²) in [4.78, 5) is 39.6. The predicted molar refractivity (Wildman–Crippen MR) is 91.3 cm³/mol. The van der Waals surface area contributed by atoms with E-state index in [1.807, 2.05) is 16.0 Å². The molecule has 0 spiro atoms. The first-order valence-electron chi connectivity index (χ1n) is 7.27. The number of hydrogen-bond donors (Lipinski definition) is 2. The molecule has 0 radical (unpaired) electrons. The molecule has 0 saturated carbocycles. The van der Waals surface area contributed by atoms with Crippen LogP contribution in [0.25, 0.3) is 4.96 Å². The van der Waals surface area contributed by atoms with Gasteiger partial charge in [-0.1, -0.05) is 0 Å². The van der Waals surface area contributed by atoms with Crippen LogP contribution >= 0.6 is 11.3 Å². The number of anilines is 1. The first kappa shape index (κ1) is 16.7. The number of ether oxygens (including phenoxy) is 1. The Balaban J connectivity index is 1.47. The van der Waals surface area contributed by atoms with Crippen LogP contribution in [0.3, 0.4) is 0 Å². The van der Waals surface area contributed by atoms with Gasteiger partial charge in [0.25, 0.3) is 5.91 Å². The van der Waals surface area contributed by atoms with Gasteiger partial charge in [0.15, 0.2) is 11.6 Å². The number of rotatable bonds is 6. The summed E-state index contributed by atoms with van der Waals surface area (Å²) < 4.78 is 6.76. The first-order chi connectivity index (χ1) is 12.0. The normalized spacial score (nSPS) is 10.6. The number of nitrogens with zero attached hydrogens (tertiary/aromatic N) is 2. The molecule has 1 aromatic carbocycles. The number of hydrogen-bond acceptors (Lipinski definition) is 6. The SMILES string of the molecule is NC(=O)c1ccc(NC(=O)COC(=O)Cc2cn3ccsc3n2)cc1. The Bertz CT molecular complexity index is 901. The summed E-state index contributed by atoms with van der Waals surface area (Å²) in [6.45, 7) is -0.404. The highest BCUT2D eigenvalue weighted by molar-refractivity contribution is 7.15. The van der Waals surface area contributed by atoms with Crippen molar-refractivity contribution in [3.63, 3.8) is 0 Å². The van der Waals surface area contributed by atoms with Crippen molar-refractivity contribution < 1.29 is 19.1 Å². The number of amides is 2. The minimum atomic E-state index is -0.550. The summed E-state index contributed by atoms with van der Waals surface area (Å²) in [6, 6.07) is 6.07. The number of nitrogens with one attached hydrogen (secondary N) is 1. The van der Waals surface area contributed by atoms with Gasteiger partial charge in [-0.15, -0.1) is 11.3 Å². The fourth-order valence-electron chi connectivity index (χ4n) is 2.12. The molecule has 0 fully saturated rings. The second-order valence-corrected chi connectivity index (χ2v) is 6.03. The van der Waals surface area contributed by atoms with Crippen molar-refractivity contribution in [2.45, 2.75) is 6.42 Å². The molecule has 2 amide bonds. The predicted octanol–water partition coefficient (Wildman–Crippen LogP) is 1.22. The molecule has 0 aliphatic carbocycles. The van der Waals surface area contributed by atoms with Crippen molar-refractivity contribution in [3.8, 4) is 0 Å². The zero-order chi connectivity index (χ0) is 17.8. The number of carbonyl (C=O) groups excluding carboxylic acids is 3. The van der Waals surface area contributed by atoms with E-state index in [-0.39, 0.29) is 6.42 Å². The quantitative estimate of drug-likeness (QED) is 0.643. The van der Waals surface area contributed by atoms with Crippen molar-refractivity contribution in [2.75, 3.05) is 11.9 Å². The van der Waals surface area contributed by atoms with Gasteiger partial charge in [0.2, 0.25) is 5.91 Å². The topological polar surface area (TPSA) is 116 Å². The number of thiazole rings is 1. The Kier molecular flexibility index (Phi) is 4.75. The minimum absolute atomic E-state index is 0.00497.